The van der Waals surface area contributed by atoms with E-state index in [2.05, 4.69) is 35.6 Å². The van der Waals surface area contributed by atoms with Crippen LogP contribution in [0.2, 0.25) is 0 Å². The number of rotatable bonds is 6. The Morgan fingerprint density at radius 2 is 2.21 bits per heavy atom. The number of nitrogens with one attached hydrogen (secondary N) is 1. The lowest BCUT2D eigenvalue weighted by Gasteiger charge is -2.19. The molecule has 19 heavy (non-hydrogen) atoms. The van der Waals surface area contributed by atoms with E-state index in [0.29, 0.717) is 0 Å². The van der Waals surface area contributed by atoms with Gasteiger partial charge < -0.3 is 10.1 Å². The lowest BCUT2D eigenvalue weighted by atomic mass is 10.1. The summed E-state index contributed by atoms with van der Waals surface area (Å²) in [5.41, 5.74) is 2.34. The summed E-state index contributed by atoms with van der Waals surface area (Å²) >= 11 is 1.78. The molecule has 0 fully saturated rings. The fourth-order valence-corrected chi connectivity index (χ4v) is 3.28. The molecule has 0 aliphatic heterocycles. The van der Waals surface area contributed by atoms with Crippen molar-refractivity contribution in [3.63, 3.8) is 0 Å². The van der Waals surface area contributed by atoms with E-state index in [9.17, 15) is 0 Å². The van der Waals surface area contributed by atoms with E-state index in [4.69, 9.17) is 4.74 Å². The number of aromatic nitrogens is 1. The highest BCUT2D eigenvalue weighted by Crippen LogP contribution is 2.33. The summed E-state index contributed by atoms with van der Waals surface area (Å²) in [7, 11) is 1.69. The van der Waals surface area contributed by atoms with Gasteiger partial charge in [-0.2, -0.15) is 0 Å². The van der Waals surface area contributed by atoms with Crippen molar-refractivity contribution in [2.75, 3.05) is 13.7 Å². The molecule has 102 valence electrons. The number of ether oxygens (including phenoxy) is 1. The molecular weight excluding hydrogens is 256 g/mol. The molecule has 0 aromatic carbocycles. The first-order valence-electron chi connectivity index (χ1n) is 6.60. The zero-order valence-electron chi connectivity index (χ0n) is 11.6. The first-order chi connectivity index (χ1) is 9.31. The molecule has 0 saturated heterocycles. The molecule has 2 heterocycles. The van der Waals surface area contributed by atoms with Crippen molar-refractivity contribution in [3.8, 4) is 5.75 Å². The van der Waals surface area contributed by atoms with Gasteiger partial charge in [-0.05, 0) is 42.1 Å². The number of methoxy groups -OCH3 is 1. The summed E-state index contributed by atoms with van der Waals surface area (Å²) in [5.74, 6) is 0.837. The first kappa shape index (κ1) is 14.0. The minimum Gasteiger partial charge on any atom is -0.495 e. The van der Waals surface area contributed by atoms with Gasteiger partial charge in [0.05, 0.1) is 13.2 Å². The van der Waals surface area contributed by atoms with Gasteiger partial charge in [-0.3, -0.25) is 4.98 Å². The van der Waals surface area contributed by atoms with Crippen LogP contribution in [0.4, 0.5) is 0 Å². The smallest absolute Gasteiger partial charge is 0.142 e. The molecule has 0 spiro atoms. The zero-order valence-corrected chi connectivity index (χ0v) is 12.5. The molecule has 1 N–H and O–H groups in total. The third-order valence-electron chi connectivity index (χ3n) is 3.13. The van der Waals surface area contributed by atoms with Gasteiger partial charge in [-0.1, -0.05) is 13.8 Å². The van der Waals surface area contributed by atoms with Crippen LogP contribution in [0.15, 0.2) is 29.8 Å². The van der Waals surface area contributed by atoms with Crippen molar-refractivity contribution in [2.24, 2.45) is 0 Å². The van der Waals surface area contributed by atoms with E-state index in [-0.39, 0.29) is 6.04 Å². The van der Waals surface area contributed by atoms with Crippen molar-refractivity contribution >= 4 is 11.3 Å². The quantitative estimate of drug-likeness (QED) is 0.878. The molecule has 0 aliphatic carbocycles. The molecule has 0 saturated carbocycles. The number of thiophene rings is 1. The summed E-state index contributed by atoms with van der Waals surface area (Å²) in [6.07, 6.45) is 2.86. The van der Waals surface area contributed by atoms with Gasteiger partial charge >= 0.3 is 0 Å². The maximum absolute atomic E-state index is 5.45. The van der Waals surface area contributed by atoms with Crippen molar-refractivity contribution in [2.45, 2.75) is 26.3 Å². The van der Waals surface area contributed by atoms with E-state index in [1.54, 1.807) is 18.4 Å². The van der Waals surface area contributed by atoms with Crippen LogP contribution in [-0.4, -0.2) is 18.6 Å². The van der Waals surface area contributed by atoms with E-state index in [0.717, 1.165) is 24.4 Å². The average molecular weight is 276 g/mol. The average Bonchev–Trinajstić information content (AvgIpc) is 2.93. The van der Waals surface area contributed by atoms with Crippen LogP contribution in [0.25, 0.3) is 0 Å². The van der Waals surface area contributed by atoms with Gasteiger partial charge in [0, 0.05) is 11.1 Å². The highest BCUT2D eigenvalue weighted by molar-refractivity contribution is 7.10. The van der Waals surface area contributed by atoms with E-state index in [1.165, 1.54) is 10.4 Å². The predicted octanol–water partition coefficient (Wildman–Crippen LogP) is 3.41. The summed E-state index contributed by atoms with van der Waals surface area (Å²) in [4.78, 5) is 5.85. The van der Waals surface area contributed by atoms with Crippen LogP contribution in [-0.2, 0) is 6.42 Å². The summed E-state index contributed by atoms with van der Waals surface area (Å²) in [5, 5.41) is 5.67. The monoisotopic (exact) mass is 276 g/mol. The predicted molar refractivity (Wildman–Crippen MR) is 80.0 cm³/mol. The van der Waals surface area contributed by atoms with Crippen LogP contribution in [0.3, 0.4) is 0 Å². The molecule has 0 radical (unpaired) electrons. The molecule has 0 amide bonds. The zero-order chi connectivity index (χ0) is 13.7. The molecular formula is C15H20N2OS. The topological polar surface area (TPSA) is 34.2 Å². The van der Waals surface area contributed by atoms with Crippen molar-refractivity contribution in [3.05, 3.63) is 45.9 Å². The first-order valence-corrected chi connectivity index (χ1v) is 7.48. The van der Waals surface area contributed by atoms with Gasteiger partial charge in [-0.15, -0.1) is 11.3 Å². The van der Waals surface area contributed by atoms with Crippen LogP contribution < -0.4 is 10.1 Å². The van der Waals surface area contributed by atoms with Gasteiger partial charge in [0.1, 0.15) is 11.4 Å². The SMILES string of the molecule is CCNC(c1ncccc1OC)c1sccc1CC. The largest absolute Gasteiger partial charge is 0.495 e. The fraction of sp³-hybridized carbons (Fsp3) is 0.400. The molecule has 2 aromatic heterocycles. The van der Waals surface area contributed by atoms with Crippen molar-refractivity contribution in [1.29, 1.82) is 0 Å². The molecule has 2 aromatic rings. The standard InChI is InChI=1S/C15H20N2OS/c1-4-11-8-10-19-15(11)14(16-5-2)13-12(18-3)7-6-9-17-13/h6-10,14,16H,4-5H2,1-3H3. The number of nitrogens with zero attached hydrogens (tertiary/aromatic N) is 1. The van der Waals surface area contributed by atoms with Gasteiger partial charge in [0.15, 0.2) is 0 Å². The molecule has 2 rings (SSSR count). The van der Waals surface area contributed by atoms with E-state index in [1.807, 2.05) is 18.3 Å². The number of aryl methyl sites for hydroxylation is 1. The van der Waals surface area contributed by atoms with Crippen LogP contribution in [0.1, 0.15) is 36.0 Å². The second kappa shape index (κ2) is 6.68. The Bertz CT molecular complexity index is 524. The van der Waals surface area contributed by atoms with Gasteiger partial charge in [0.25, 0.3) is 0 Å². The normalized spacial score (nSPS) is 12.4. The molecule has 0 bridgehead atoms. The van der Waals surface area contributed by atoms with E-state index < -0.39 is 0 Å². The summed E-state index contributed by atoms with van der Waals surface area (Å²) in [6, 6.07) is 6.17. The molecule has 1 unspecified atom stereocenters. The third kappa shape index (κ3) is 2.96. The Hall–Kier alpha value is -1.39. The summed E-state index contributed by atoms with van der Waals surface area (Å²) in [6.45, 7) is 5.19. The van der Waals surface area contributed by atoms with Crippen molar-refractivity contribution in [1.82, 2.24) is 10.3 Å². The summed E-state index contributed by atoms with van der Waals surface area (Å²) < 4.78 is 5.45. The highest BCUT2D eigenvalue weighted by atomic mass is 32.1. The van der Waals surface area contributed by atoms with E-state index >= 15 is 0 Å². The maximum atomic E-state index is 5.45. The molecule has 4 heteroatoms. The second-order valence-electron chi connectivity index (χ2n) is 4.25. The minimum atomic E-state index is 0.107. The second-order valence-corrected chi connectivity index (χ2v) is 5.19. The van der Waals surface area contributed by atoms with Gasteiger partial charge in [-0.25, -0.2) is 0 Å². The Kier molecular flexibility index (Phi) is 4.93. The minimum absolute atomic E-state index is 0.107. The Morgan fingerprint density at radius 1 is 1.37 bits per heavy atom. The lowest BCUT2D eigenvalue weighted by molar-refractivity contribution is 0.400. The van der Waals surface area contributed by atoms with Crippen molar-refractivity contribution < 1.29 is 4.74 Å². The highest BCUT2D eigenvalue weighted by Gasteiger charge is 2.21. The lowest BCUT2D eigenvalue weighted by Crippen LogP contribution is -2.23. The number of hydrogen-bond acceptors (Lipinski definition) is 4. The fourth-order valence-electron chi connectivity index (χ4n) is 2.20. The number of pyridine rings is 1. The Morgan fingerprint density at radius 3 is 2.89 bits per heavy atom. The Labute approximate surface area is 118 Å². The molecule has 3 nitrogen and oxygen atoms in total. The maximum Gasteiger partial charge on any atom is 0.142 e. The van der Waals surface area contributed by atoms with Crippen LogP contribution in [0, 0.1) is 0 Å². The molecule has 1 atom stereocenters. The van der Waals surface area contributed by atoms with Crippen LogP contribution in [0.5, 0.6) is 5.75 Å². The number of hydrogen-bond donors (Lipinski definition) is 1. The Balaban J connectivity index is 2.45. The van der Waals surface area contributed by atoms with Gasteiger partial charge in [0.2, 0.25) is 0 Å². The third-order valence-corrected chi connectivity index (χ3v) is 4.15. The van der Waals surface area contributed by atoms with Crippen LogP contribution >= 0.6 is 11.3 Å². The molecule has 0 aliphatic rings.